The molecule has 8 heteroatoms. The van der Waals surface area contributed by atoms with Crippen LogP contribution in [0.1, 0.15) is 30.5 Å². The first-order valence-electron chi connectivity index (χ1n) is 11.5. The van der Waals surface area contributed by atoms with Gasteiger partial charge in [-0.1, -0.05) is 62.4 Å². The summed E-state index contributed by atoms with van der Waals surface area (Å²) in [5.41, 5.74) is 3.57. The van der Waals surface area contributed by atoms with Crippen molar-refractivity contribution in [3.63, 3.8) is 0 Å². The molecule has 0 aliphatic rings. The molecule has 2 N–H and O–H groups in total. The fourth-order valence-corrected chi connectivity index (χ4v) is 5.10. The van der Waals surface area contributed by atoms with Crippen LogP contribution in [0.2, 0.25) is 0 Å². The summed E-state index contributed by atoms with van der Waals surface area (Å²) in [4.78, 5) is 13.5. The van der Waals surface area contributed by atoms with Gasteiger partial charge >= 0.3 is 0 Å². The molecule has 1 atom stereocenters. The van der Waals surface area contributed by atoms with Crippen molar-refractivity contribution in [3.8, 4) is 11.5 Å². The van der Waals surface area contributed by atoms with Crippen LogP contribution in [0, 0.1) is 0 Å². The van der Waals surface area contributed by atoms with Gasteiger partial charge in [-0.05, 0) is 48.1 Å². The standard InChI is InChI=1S/C27H32N2O5S/c1-5-20-13-10-14-21(6-2)26(20)28-27(30)23(17-19-11-8-7-9-12-19)29-35(31,32)22-15-16-24(33-3)25(18-22)34-4/h7-16,18,23,29H,5-6,17H2,1-4H3,(H,28,30). The summed E-state index contributed by atoms with van der Waals surface area (Å²) in [5.74, 6) is 0.269. The van der Waals surface area contributed by atoms with Crippen molar-refractivity contribution in [3.05, 3.63) is 83.4 Å². The predicted octanol–water partition coefficient (Wildman–Crippen LogP) is 4.36. The summed E-state index contributed by atoms with van der Waals surface area (Å²) < 4.78 is 39.7. The quantitative estimate of drug-likeness (QED) is 0.412. The van der Waals surface area contributed by atoms with Gasteiger partial charge < -0.3 is 14.8 Å². The van der Waals surface area contributed by atoms with Gasteiger partial charge in [0.1, 0.15) is 6.04 Å². The van der Waals surface area contributed by atoms with Crippen LogP contribution in [0.3, 0.4) is 0 Å². The van der Waals surface area contributed by atoms with Crippen LogP contribution in [-0.4, -0.2) is 34.6 Å². The highest BCUT2D eigenvalue weighted by atomic mass is 32.2. The second-order valence-corrected chi connectivity index (χ2v) is 9.74. The van der Waals surface area contributed by atoms with E-state index >= 15 is 0 Å². The molecular formula is C27H32N2O5S. The lowest BCUT2D eigenvalue weighted by atomic mass is 10.0. The summed E-state index contributed by atoms with van der Waals surface area (Å²) >= 11 is 0. The van der Waals surface area contributed by atoms with Crippen LogP contribution in [0.15, 0.2) is 71.6 Å². The molecule has 3 aromatic carbocycles. The largest absolute Gasteiger partial charge is 0.493 e. The van der Waals surface area contributed by atoms with Crippen molar-refractivity contribution in [1.29, 1.82) is 0 Å². The predicted molar refractivity (Wildman–Crippen MR) is 138 cm³/mol. The molecule has 0 aromatic heterocycles. The molecule has 0 spiro atoms. The van der Waals surface area contributed by atoms with E-state index in [9.17, 15) is 13.2 Å². The van der Waals surface area contributed by atoms with Gasteiger partial charge in [-0.25, -0.2) is 8.42 Å². The Bertz CT molecular complexity index is 1240. The number of anilines is 1. The van der Waals surface area contributed by atoms with Crippen molar-refractivity contribution in [2.45, 2.75) is 44.0 Å². The van der Waals surface area contributed by atoms with Gasteiger partial charge in [0.25, 0.3) is 0 Å². The Labute approximate surface area is 207 Å². The summed E-state index contributed by atoms with van der Waals surface area (Å²) in [6.45, 7) is 4.04. The maximum absolute atomic E-state index is 13.5. The number of para-hydroxylation sites is 1. The Morgan fingerprint density at radius 3 is 2.06 bits per heavy atom. The molecule has 0 heterocycles. The average molecular weight is 497 g/mol. The van der Waals surface area contributed by atoms with Crippen LogP contribution in [0.4, 0.5) is 5.69 Å². The van der Waals surface area contributed by atoms with E-state index in [1.807, 2.05) is 62.4 Å². The molecule has 0 saturated heterocycles. The number of carbonyl (C=O) groups excluding carboxylic acids is 1. The molecule has 3 aromatic rings. The van der Waals surface area contributed by atoms with Gasteiger partial charge in [0.2, 0.25) is 15.9 Å². The highest BCUT2D eigenvalue weighted by Crippen LogP contribution is 2.29. The molecule has 7 nitrogen and oxygen atoms in total. The molecular weight excluding hydrogens is 464 g/mol. The average Bonchev–Trinajstić information content (AvgIpc) is 2.88. The van der Waals surface area contributed by atoms with E-state index in [-0.39, 0.29) is 17.1 Å². The molecule has 1 amide bonds. The molecule has 186 valence electrons. The third-order valence-corrected chi connectivity index (χ3v) is 7.28. The summed E-state index contributed by atoms with van der Waals surface area (Å²) in [6.07, 6.45) is 1.67. The number of rotatable bonds is 11. The number of carbonyl (C=O) groups is 1. The highest BCUT2D eigenvalue weighted by Gasteiger charge is 2.28. The summed E-state index contributed by atoms with van der Waals surface area (Å²) in [5, 5.41) is 3.01. The van der Waals surface area contributed by atoms with E-state index in [0.29, 0.717) is 5.75 Å². The van der Waals surface area contributed by atoms with Crippen LogP contribution < -0.4 is 19.5 Å². The van der Waals surface area contributed by atoms with E-state index in [1.165, 1.54) is 32.4 Å². The molecule has 35 heavy (non-hydrogen) atoms. The van der Waals surface area contributed by atoms with Crippen molar-refractivity contribution >= 4 is 21.6 Å². The summed E-state index contributed by atoms with van der Waals surface area (Å²) in [6, 6.07) is 18.5. The lowest BCUT2D eigenvalue weighted by molar-refractivity contribution is -0.117. The first-order valence-corrected chi connectivity index (χ1v) is 13.0. The normalized spacial score (nSPS) is 12.1. The Balaban J connectivity index is 1.95. The van der Waals surface area contributed by atoms with E-state index in [4.69, 9.17) is 9.47 Å². The van der Waals surface area contributed by atoms with Gasteiger partial charge in [0.05, 0.1) is 19.1 Å². The number of amides is 1. The minimum atomic E-state index is -4.05. The van der Waals surface area contributed by atoms with Gasteiger partial charge in [-0.2, -0.15) is 4.72 Å². The van der Waals surface area contributed by atoms with E-state index in [1.54, 1.807) is 0 Å². The molecule has 0 aliphatic carbocycles. The Morgan fingerprint density at radius 2 is 1.49 bits per heavy atom. The minimum Gasteiger partial charge on any atom is -0.493 e. The second-order valence-electron chi connectivity index (χ2n) is 8.03. The Morgan fingerprint density at radius 1 is 0.857 bits per heavy atom. The zero-order chi connectivity index (χ0) is 25.4. The number of methoxy groups -OCH3 is 2. The lowest BCUT2D eigenvalue weighted by Gasteiger charge is -2.21. The summed E-state index contributed by atoms with van der Waals surface area (Å²) in [7, 11) is -1.14. The van der Waals surface area contributed by atoms with Gasteiger partial charge in [-0.3, -0.25) is 4.79 Å². The van der Waals surface area contributed by atoms with E-state index < -0.39 is 22.0 Å². The van der Waals surface area contributed by atoms with Crippen LogP contribution in [0.5, 0.6) is 11.5 Å². The molecule has 0 aliphatic heterocycles. The molecule has 0 saturated carbocycles. The topological polar surface area (TPSA) is 93.7 Å². The maximum Gasteiger partial charge on any atom is 0.242 e. The number of nitrogens with one attached hydrogen (secondary N) is 2. The number of ether oxygens (including phenoxy) is 2. The van der Waals surface area contributed by atoms with E-state index in [0.717, 1.165) is 35.2 Å². The van der Waals surface area contributed by atoms with Crippen molar-refractivity contribution in [2.24, 2.45) is 0 Å². The Kier molecular flexibility index (Phi) is 8.89. The van der Waals surface area contributed by atoms with Gasteiger partial charge in [-0.15, -0.1) is 0 Å². The van der Waals surface area contributed by atoms with Gasteiger partial charge in [0.15, 0.2) is 11.5 Å². The van der Waals surface area contributed by atoms with Crippen LogP contribution in [0.25, 0.3) is 0 Å². The van der Waals surface area contributed by atoms with E-state index in [2.05, 4.69) is 10.0 Å². The SMILES string of the molecule is CCc1cccc(CC)c1NC(=O)C(Cc1ccccc1)NS(=O)(=O)c1ccc(OC)c(OC)c1. The van der Waals surface area contributed by atoms with Crippen molar-refractivity contribution in [2.75, 3.05) is 19.5 Å². The highest BCUT2D eigenvalue weighted by molar-refractivity contribution is 7.89. The number of aryl methyl sites for hydroxylation is 2. The fraction of sp³-hybridized carbons (Fsp3) is 0.296. The smallest absolute Gasteiger partial charge is 0.242 e. The Hall–Kier alpha value is -3.36. The van der Waals surface area contributed by atoms with Crippen LogP contribution in [-0.2, 0) is 34.1 Å². The first-order chi connectivity index (χ1) is 16.8. The number of sulfonamides is 1. The molecule has 3 rings (SSSR count). The zero-order valence-electron chi connectivity index (χ0n) is 20.5. The van der Waals surface area contributed by atoms with Crippen molar-refractivity contribution < 1.29 is 22.7 Å². The fourth-order valence-electron chi connectivity index (χ4n) is 3.89. The second kappa shape index (κ2) is 11.9. The number of hydrogen-bond donors (Lipinski definition) is 2. The number of hydrogen-bond acceptors (Lipinski definition) is 5. The third-order valence-electron chi connectivity index (χ3n) is 5.81. The first kappa shape index (κ1) is 26.2. The zero-order valence-corrected chi connectivity index (χ0v) is 21.3. The molecule has 1 unspecified atom stereocenters. The maximum atomic E-state index is 13.5. The molecule has 0 fully saturated rings. The molecule has 0 radical (unpaired) electrons. The number of benzene rings is 3. The van der Waals surface area contributed by atoms with Crippen LogP contribution >= 0.6 is 0 Å². The third kappa shape index (κ3) is 6.41. The lowest BCUT2D eigenvalue weighted by Crippen LogP contribution is -2.45. The molecule has 0 bridgehead atoms. The van der Waals surface area contributed by atoms with Crippen molar-refractivity contribution in [1.82, 2.24) is 4.72 Å². The minimum absolute atomic E-state index is 0.0239. The monoisotopic (exact) mass is 496 g/mol. The van der Waals surface area contributed by atoms with Gasteiger partial charge in [0, 0.05) is 11.8 Å².